The van der Waals surface area contributed by atoms with Gasteiger partial charge in [0.05, 0.1) is 6.33 Å². The van der Waals surface area contributed by atoms with E-state index in [0.29, 0.717) is 11.3 Å². The zero-order valence-electron chi connectivity index (χ0n) is 11.3. The van der Waals surface area contributed by atoms with Gasteiger partial charge in [-0.3, -0.25) is 4.79 Å². The van der Waals surface area contributed by atoms with Crippen molar-refractivity contribution in [2.75, 3.05) is 0 Å². The molecule has 6 nitrogen and oxygen atoms in total. The molecule has 0 aliphatic rings. The van der Waals surface area contributed by atoms with Crippen molar-refractivity contribution < 1.29 is 19.1 Å². The lowest BCUT2D eigenvalue weighted by atomic mass is 10.1. The molecule has 2 aromatic rings. The molecular weight excluding hydrogens is 277 g/mol. The zero-order chi connectivity index (χ0) is 15.4. The molecule has 0 aliphatic heterocycles. The number of nitrogens with one attached hydrogen (secondary N) is 2. The predicted molar refractivity (Wildman–Crippen MR) is 72.3 cm³/mol. The molecule has 0 spiro atoms. The van der Waals surface area contributed by atoms with Gasteiger partial charge in [0.25, 0.3) is 5.91 Å². The number of hydrogen-bond acceptors (Lipinski definition) is 3. The van der Waals surface area contributed by atoms with Crippen LogP contribution in [0.5, 0.6) is 0 Å². The topological polar surface area (TPSA) is 95.1 Å². The number of carbonyl (C=O) groups excluding carboxylic acids is 1. The molecule has 0 saturated carbocycles. The van der Waals surface area contributed by atoms with E-state index >= 15 is 0 Å². The second-order valence-corrected chi connectivity index (χ2v) is 4.60. The Hall–Kier alpha value is -2.70. The second kappa shape index (κ2) is 6.17. The van der Waals surface area contributed by atoms with E-state index in [1.54, 1.807) is 6.92 Å². The fourth-order valence-corrected chi connectivity index (χ4v) is 1.89. The summed E-state index contributed by atoms with van der Waals surface area (Å²) in [5.41, 5.74) is 1.27. The monoisotopic (exact) mass is 291 g/mol. The van der Waals surface area contributed by atoms with Crippen molar-refractivity contribution in [2.45, 2.75) is 19.4 Å². The van der Waals surface area contributed by atoms with Crippen LogP contribution in [0, 0.1) is 12.7 Å². The van der Waals surface area contributed by atoms with Crippen molar-refractivity contribution in [3.63, 3.8) is 0 Å². The van der Waals surface area contributed by atoms with E-state index in [0.717, 1.165) is 6.07 Å². The molecule has 7 heteroatoms. The standard InChI is InChI=1S/C14H14FN3O3/c1-8-2-3-9(15)4-11(8)13(19)18-12(14(20)21)5-10-6-16-7-17-10/h2-4,6-7,12H,5H2,1H3,(H,16,17)(H,18,19)(H,20,21)/t12-/m0/s1. The first-order chi connectivity index (χ1) is 9.97. The van der Waals surface area contributed by atoms with E-state index in [9.17, 15) is 14.0 Å². The summed E-state index contributed by atoms with van der Waals surface area (Å²) in [4.78, 5) is 29.9. The van der Waals surface area contributed by atoms with E-state index in [4.69, 9.17) is 5.11 Å². The largest absolute Gasteiger partial charge is 0.480 e. The number of hydrogen-bond donors (Lipinski definition) is 3. The Balaban J connectivity index is 2.14. The van der Waals surface area contributed by atoms with Crippen LogP contribution < -0.4 is 5.32 Å². The molecule has 1 amide bonds. The van der Waals surface area contributed by atoms with Crippen LogP contribution in [-0.4, -0.2) is 33.0 Å². The number of aryl methyl sites for hydroxylation is 1. The van der Waals surface area contributed by atoms with Gasteiger partial charge < -0.3 is 15.4 Å². The van der Waals surface area contributed by atoms with E-state index in [-0.39, 0.29) is 12.0 Å². The number of amides is 1. The molecule has 1 aromatic heterocycles. The van der Waals surface area contributed by atoms with Gasteiger partial charge in [-0.2, -0.15) is 0 Å². The molecule has 2 rings (SSSR count). The van der Waals surface area contributed by atoms with Crippen molar-refractivity contribution >= 4 is 11.9 Å². The van der Waals surface area contributed by atoms with Gasteiger partial charge in [-0.15, -0.1) is 0 Å². The third kappa shape index (κ3) is 3.65. The van der Waals surface area contributed by atoms with Crippen molar-refractivity contribution in [2.24, 2.45) is 0 Å². The number of imidazole rings is 1. The predicted octanol–water partition coefficient (Wildman–Crippen LogP) is 1.28. The molecule has 1 atom stereocenters. The average Bonchev–Trinajstić information content (AvgIpc) is 2.93. The Morgan fingerprint density at radius 2 is 2.24 bits per heavy atom. The van der Waals surface area contributed by atoms with Gasteiger partial charge in [0.15, 0.2) is 0 Å². The summed E-state index contributed by atoms with van der Waals surface area (Å²) in [6.45, 7) is 1.65. The SMILES string of the molecule is Cc1ccc(F)cc1C(=O)N[C@@H](Cc1cnc[nH]1)C(=O)O. The highest BCUT2D eigenvalue weighted by Crippen LogP contribution is 2.11. The number of carboxylic acids is 1. The van der Waals surface area contributed by atoms with Gasteiger partial charge in [0, 0.05) is 23.9 Å². The smallest absolute Gasteiger partial charge is 0.326 e. The summed E-state index contributed by atoms with van der Waals surface area (Å²) in [5, 5.41) is 11.6. The number of halogens is 1. The minimum Gasteiger partial charge on any atom is -0.480 e. The quantitative estimate of drug-likeness (QED) is 0.773. The molecule has 0 radical (unpaired) electrons. The Kier molecular flexibility index (Phi) is 4.32. The highest BCUT2D eigenvalue weighted by molar-refractivity contribution is 5.97. The van der Waals surface area contributed by atoms with Gasteiger partial charge in [0.2, 0.25) is 0 Å². The molecule has 21 heavy (non-hydrogen) atoms. The van der Waals surface area contributed by atoms with Gasteiger partial charge in [-0.25, -0.2) is 14.2 Å². The summed E-state index contributed by atoms with van der Waals surface area (Å²) in [5.74, 6) is -2.35. The number of carboxylic acid groups (broad SMARTS) is 1. The lowest BCUT2D eigenvalue weighted by Crippen LogP contribution is -2.42. The van der Waals surface area contributed by atoms with Gasteiger partial charge in [-0.05, 0) is 24.6 Å². The number of benzene rings is 1. The Morgan fingerprint density at radius 1 is 1.48 bits per heavy atom. The molecule has 0 saturated heterocycles. The normalized spacial score (nSPS) is 11.9. The van der Waals surface area contributed by atoms with Crippen LogP contribution in [0.3, 0.4) is 0 Å². The Bertz CT molecular complexity index is 655. The number of aromatic amines is 1. The number of aliphatic carboxylic acids is 1. The Morgan fingerprint density at radius 3 is 2.86 bits per heavy atom. The van der Waals surface area contributed by atoms with Crippen LogP contribution in [0.25, 0.3) is 0 Å². The lowest BCUT2D eigenvalue weighted by Gasteiger charge is -2.14. The first kappa shape index (κ1) is 14.7. The maximum atomic E-state index is 13.2. The fourth-order valence-electron chi connectivity index (χ4n) is 1.89. The first-order valence-electron chi connectivity index (χ1n) is 6.24. The molecule has 1 aromatic carbocycles. The summed E-state index contributed by atoms with van der Waals surface area (Å²) in [7, 11) is 0. The number of nitrogens with zero attached hydrogens (tertiary/aromatic N) is 1. The third-order valence-corrected chi connectivity index (χ3v) is 3.03. The molecule has 1 heterocycles. The number of aromatic nitrogens is 2. The summed E-state index contributed by atoms with van der Waals surface area (Å²) in [6.07, 6.45) is 2.97. The summed E-state index contributed by atoms with van der Waals surface area (Å²) >= 11 is 0. The highest BCUT2D eigenvalue weighted by Gasteiger charge is 2.22. The van der Waals surface area contributed by atoms with Crippen LogP contribution in [0.15, 0.2) is 30.7 Å². The van der Waals surface area contributed by atoms with Crippen molar-refractivity contribution in [1.29, 1.82) is 0 Å². The first-order valence-corrected chi connectivity index (χ1v) is 6.24. The maximum absolute atomic E-state index is 13.2. The summed E-state index contributed by atoms with van der Waals surface area (Å²) in [6, 6.07) is 2.67. The number of carbonyl (C=O) groups is 2. The lowest BCUT2D eigenvalue weighted by molar-refractivity contribution is -0.139. The Labute approximate surface area is 120 Å². The molecule has 0 bridgehead atoms. The van der Waals surface area contributed by atoms with Gasteiger partial charge in [0.1, 0.15) is 11.9 Å². The van der Waals surface area contributed by atoms with E-state index < -0.39 is 23.7 Å². The van der Waals surface area contributed by atoms with E-state index in [1.165, 1.54) is 24.7 Å². The minimum absolute atomic E-state index is 0.0649. The van der Waals surface area contributed by atoms with Gasteiger partial charge >= 0.3 is 5.97 Å². The average molecular weight is 291 g/mol. The van der Waals surface area contributed by atoms with Crippen molar-refractivity contribution in [1.82, 2.24) is 15.3 Å². The molecule has 0 aliphatic carbocycles. The van der Waals surface area contributed by atoms with Gasteiger partial charge in [-0.1, -0.05) is 6.07 Å². The fraction of sp³-hybridized carbons (Fsp3) is 0.214. The maximum Gasteiger partial charge on any atom is 0.326 e. The minimum atomic E-state index is -1.17. The number of H-pyrrole nitrogens is 1. The van der Waals surface area contributed by atoms with E-state index in [1.807, 2.05) is 0 Å². The van der Waals surface area contributed by atoms with Crippen molar-refractivity contribution in [3.05, 3.63) is 53.4 Å². The second-order valence-electron chi connectivity index (χ2n) is 4.60. The zero-order valence-corrected chi connectivity index (χ0v) is 11.3. The summed E-state index contributed by atoms with van der Waals surface area (Å²) < 4.78 is 13.2. The highest BCUT2D eigenvalue weighted by atomic mass is 19.1. The molecule has 110 valence electrons. The molecular formula is C14H14FN3O3. The third-order valence-electron chi connectivity index (χ3n) is 3.03. The van der Waals surface area contributed by atoms with Crippen LogP contribution in [-0.2, 0) is 11.2 Å². The number of rotatable bonds is 5. The van der Waals surface area contributed by atoms with Crippen LogP contribution in [0.1, 0.15) is 21.6 Å². The van der Waals surface area contributed by atoms with Crippen molar-refractivity contribution in [3.8, 4) is 0 Å². The van der Waals surface area contributed by atoms with Crippen LogP contribution in [0.2, 0.25) is 0 Å². The van der Waals surface area contributed by atoms with Crippen LogP contribution >= 0.6 is 0 Å². The molecule has 0 unspecified atom stereocenters. The van der Waals surface area contributed by atoms with E-state index in [2.05, 4.69) is 15.3 Å². The molecule has 0 fully saturated rings. The van der Waals surface area contributed by atoms with Crippen LogP contribution in [0.4, 0.5) is 4.39 Å². The molecule has 3 N–H and O–H groups in total.